The minimum atomic E-state index is 0.877. The molecule has 0 atom stereocenters. The van der Waals surface area contributed by atoms with E-state index in [9.17, 15) is 0 Å². The maximum Gasteiger partial charge on any atom is 0.190 e. The Bertz CT molecular complexity index is 773. The van der Waals surface area contributed by atoms with E-state index in [-0.39, 0.29) is 0 Å². The molecule has 1 aliphatic heterocycles. The van der Waals surface area contributed by atoms with Gasteiger partial charge in [-0.05, 0) is 56.5 Å². The molecule has 6 heteroatoms. The molecule has 160 valence electrons. The van der Waals surface area contributed by atoms with Gasteiger partial charge in [0.05, 0.1) is 0 Å². The monoisotopic (exact) mass is 398 g/mol. The summed E-state index contributed by atoms with van der Waals surface area (Å²) in [5, 5.41) is 8.22. The zero-order chi connectivity index (χ0) is 20.5. The fourth-order valence-corrected chi connectivity index (χ4v) is 4.04. The lowest BCUT2D eigenvalue weighted by molar-refractivity contribution is 0.136. The van der Waals surface area contributed by atoms with Crippen molar-refractivity contribution in [3.63, 3.8) is 0 Å². The van der Waals surface area contributed by atoms with Gasteiger partial charge in [-0.3, -0.25) is 4.99 Å². The average molecular weight is 399 g/mol. The number of piperazine rings is 1. The lowest BCUT2D eigenvalue weighted by atomic mass is 10.1. The number of benzene rings is 1. The van der Waals surface area contributed by atoms with Crippen LogP contribution in [-0.2, 0) is 6.42 Å². The van der Waals surface area contributed by atoms with Gasteiger partial charge in [-0.1, -0.05) is 19.1 Å². The first-order chi connectivity index (χ1) is 14.2. The molecule has 2 heterocycles. The van der Waals surface area contributed by atoms with Gasteiger partial charge in [-0.15, -0.1) is 0 Å². The van der Waals surface area contributed by atoms with E-state index in [1.807, 2.05) is 7.05 Å². The van der Waals surface area contributed by atoms with Crippen molar-refractivity contribution < 1.29 is 0 Å². The molecule has 6 nitrogen and oxygen atoms in total. The molecule has 3 N–H and O–H groups in total. The number of H-pyrrole nitrogens is 1. The van der Waals surface area contributed by atoms with E-state index in [2.05, 4.69) is 68.7 Å². The molecule has 29 heavy (non-hydrogen) atoms. The third kappa shape index (κ3) is 6.47. The molecule has 0 spiro atoms. The van der Waals surface area contributed by atoms with Crippen molar-refractivity contribution in [2.45, 2.75) is 33.1 Å². The largest absolute Gasteiger partial charge is 0.361 e. The van der Waals surface area contributed by atoms with E-state index in [1.165, 1.54) is 74.1 Å². The van der Waals surface area contributed by atoms with E-state index in [4.69, 9.17) is 0 Å². The number of likely N-dealkylation sites (N-methyl/N-ethyl adjacent to an activating group) is 1. The van der Waals surface area contributed by atoms with Crippen molar-refractivity contribution in [1.82, 2.24) is 25.4 Å². The standard InChI is InChI=1S/C23H38N6/c1-4-28-13-15-29(16-14-28)12-6-5-10-25-23(24-3)26-11-9-20-18-27-22-17-19(2)7-8-21(20)22/h7-8,17-18,27H,4-6,9-16H2,1-3H3,(H2,24,25,26). The Morgan fingerprint density at radius 2 is 1.83 bits per heavy atom. The van der Waals surface area contributed by atoms with Crippen LogP contribution in [0.3, 0.4) is 0 Å². The van der Waals surface area contributed by atoms with Crippen molar-refractivity contribution in [1.29, 1.82) is 0 Å². The van der Waals surface area contributed by atoms with Gasteiger partial charge in [-0.2, -0.15) is 0 Å². The topological polar surface area (TPSA) is 58.7 Å². The fraction of sp³-hybridized carbons (Fsp3) is 0.609. The number of aliphatic imine (C=N–C) groups is 1. The van der Waals surface area contributed by atoms with Gasteiger partial charge in [0.15, 0.2) is 5.96 Å². The molecule has 0 radical (unpaired) electrons. The maximum atomic E-state index is 4.36. The van der Waals surface area contributed by atoms with Crippen molar-refractivity contribution in [2.75, 3.05) is 59.4 Å². The zero-order valence-corrected chi connectivity index (χ0v) is 18.4. The average Bonchev–Trinajstić information content (AvgIpc) is 3.14. The Morgan fingerprint density at radius 3 is 2.59 bits per heavy atom. The molecule has 1 saturated heterocycles. The van der Waals surface area contributed by atoms with Crippen LogP contribution in [0.5, 0.6) is 0 Å². The van der Waals surface area contributed by atoms with E-state index in [0.29, 0.717) is 0 Å². The van der Waals surface area contributed by atoms with Gasteiger partial charge in [0, 0.05) is 63.4 Å². The number of guanidine groups is 1. The van der Waals surface area contributed by atoms with E-state index in [1.54, 1.807) is 0 Å². The highest BCUT2D eigenvalue weighted by molar-refractivity contribution is 5.84. The van der Waals surface area contributed by atoms with Crippen molar-refractivity contribution in [3.8, 4) is 0 Å². The van der Waals surface area contributed by atoms with Gasteiger partial charge in [0.1, 0.15) is 0 Å². The molecular formula is C23H38N6. The summed E-state index contributed by atoms with van der Waals surface area (Å²) in [6.45, 7) is 13.5. The molecule has 1 aromatic carbocycles. The maximum absolute atomic E-state index is 4.36. The summed E-state index contributed by atoms with van der Waals surface area (Å²) in [5.74, 6) is 0.900. The first-order valence-corrected chi connectivity index (χ1v) is 11.2. The third-order valence-electron chi connectivity index (χ3n) is 5.94. The van der Waals surface area contributed by atoms with Gasteiger partial charge in [0.2, 0.25) is 0 Å². The second kappa shape index (κ2) is 11.2. The molecule has 2 aromatic rings. The van der Waals surface area contributed by atoms with Crippen LogP contribution in [0.15, 0.2) is 29.4 Å². The second-order valence-electron chi connectivity index (χ2n) is 8.02. The fourth-order valence-electron chi connectivity index (χ4n) is 4.04. The summed E-state index contributed by atoms with van der Waals surface area (Å²) in [5.41, 5.74) is 3.86. The van der Waals surface area contributed by atoms with Crippen LogP contribution in [0.4, 0.5) is 0 Å². The molecule has 1 aliphatic rings. The Kier molecular flexibility index (Phi) is 8.38. The van der Waals surface area contributed by atoms with E-state index < -0.39 is 0 Å². The van der Waals surface area contributed by atoms with Crippen LogP contribution >= 0.6 is 0 Å². The van der Waals surface area contributed by atoms with Crippen LogP contribution in [0.25, 0.3) is 10.9 Å². The number of nitrogens with zero attached hydrogens (tertiary/aromatic N) is 3. The Labute approximate surface area is 175 Å². The molecule has 1 aromatic heterocycles. The summed E-state index contributed by atoms with van der Waals surface area (Å²) in [7, 11) is 1.84. The minimum Gasteiger partial charge on any atom is -0.361 e. The first kappa shape index (κ1) is 21.7. The molecule has 0 saturated carbocycles. The van der Waals surface area contributed by atoms with Crippen LogP contribution in [-0.4, -0.2) is 80.1 Å². The minimum absolute atomic E-state index is 0.877. The molecule has 1 fully saturated rings. The smallest absolute Gasteiger partial charge is 0.190 e. The van der Waals surface area contributed by atoms with E-state index in [0.717, 1.165) is 25.5 Å². The predicted octanol–water partition coefficient (Wildman–Crippen LogP) is 2.60. The van der Waals surface area contributed by atoms with Crippen molar-refractivity contribution in [2.24, 2.45) is 4.99 Å². The molecule has 3 rings (SSSR count). The number of hydrogen-bond donors (Lipinski definition) is 3. The van der Waals surface area contributed by atoms with E-state index >= 15 is 0 Å². The van der Waals surface area contributed by atoms with Crippen molar-refractivity contribution >= 4 is 16.9 Å². The summed E-state index contributed by atoms with van der Waals surface area (Å²) in [4.78, 5) is 12.9. The van der Waals surface area contributed by atoms with Gasteiger partial charge in [0.25, 0.3) is 0 Å². The van der Waals surface area contributed by atoms with Gasteiger partial charge < -0.3 is 25.4 Å². The molecule has 0 amide bonds. The van der Waals surface area contributed by atoms with Crippen LogP contribution < -0.4 is 10.6 Å². The number of aromatic nitrogens is 1. The summed E-state index contributed by atoms with van der Waals surface area (Å²) in [6, 6.07) is 6.60. The van der Waals surface area contributed by atoms with Crippen LogP contribution in [0, 0.1) is 6.92 Å². The molecule has 0 unspecified atom stereocenters. The molecule has 0 bridgehead atoms. The lowest BCUT2D eigenvalue weighted by Gasteiger charge is -2.34. The predicted molar refractivity (Wildman–Crippen MR) is 124 cm³/mol. The third-order valence-corrected chi connectivity index (χ3v) is 5.94. The molecule has 0 aliphatic carbocycles. The summed E-state index contributed by atoms with van der Waals surface area (Å²) >= 11 is 0. The Hall–Kier alpha value is -2.05. The SMILES string of the molecule is CCN1CCN(CCCCNC(=NC)NCCc2c[nH]c3cc(C)ccc23)CC1. The van der Waals surface area contributed by atoms with Gasteiger partial charge >= 0.3 is 0 Å². The van der Waals surface area contributed by atoms with Gasteiger partial charge in [-0.25, -0.2) is 0 Å². The first-order valence-electron chi connectivity index (χ1n) is 11.2. The quantitative estimate of drug-likeness (QED) is 0.345. The van der Waals surface area contributed by atoms with Crippen LogP contribution in [0.2, 0.25) is 0 Å². The lowest BCUT2D eigenvalue weighted by Crippen LogP contribution is -2.46. The highest BCUT2D eigenvalue weighted by Gasteiger charge is 2.14. The number of unbranched alkanes of at least 4 members (excludes halogenated alkanes) is 1. The van der Waals surface area contributed by atoms with Crippen LogP contribution in [0.1, 0.15) is 30.9 Å². The summed E-state index contributed by atoms with van der Waals surface area (Å²) in [6.07, 6.45) is 5.52. The molecular weight excluding hydrogens is 360 g/mol. The number of rotatable bonds is 9. The number of aryl methyl sites for hydroxylation is 1. The highest BCUT2D eigenvalue weighted by atomic mass is 15.3. The normalized spacial score (nSPS) is 16.4. The number of nitrogens with one attached hydrogen (secondary N) is 3. The number of hydrogen-bond acceptors (Lipinski definition) is 3. The zero-order valence-electron chi connectivity index (χ0n) is 18.4. The Balaban J connectivity index is 1.29. The Morgan fingerprint density at radius 1 is 1.07 bits per heavy atom. The summed E-state index contributed by atoms with van der Waals surface area (Å²) < 4.78 is 0. The highest BCUT2D eigenvalue weighted by Crippen LogP contribution is 2.19. The number of fused-ring (bicyclic) bond motifs is 1. The van der Waals surface area contributed by atoms with Crippen molar-refractivity contribution in [3.05, 3.63) is 35.5 Å². The second-order valence-corrected chi connectivity index (χ2v) is 8.02. The number of aromatic amines is 1.